The molecule has 0 amide bonds. The molecule has 10 heteroatoms. The largest absolute Gasteiger partial charge is 0.481 e. The van der Waals surface area contributed by atoms with Crippen LogP contribution in [0.1, 0.15) is 53.4 Å². The van der Waals surface area contributed by atoms with Crippen LogP contribution in [0, 0.1) is 45.8 Å². The monoisotopic (exact) mass is 564 g/mol. The zero-order valence-electron chi connectivity index (χ0n) is 24.3. The second-order valence-corrected chi connectivity index (χ2v) is 13.1. The van der Waals surface area contributed by atoms with Crippen molar-refractivity contribution in [1.82, 2.24) is 0 Å². The number of carboxylic acids is 1. The number of rotatable bonds is 10. The predicted octanol–water partition coefficient (Wildman–Crippen LogP) is 2.61. The predicted molar refractivity (Wildman–Crippen MR) is 141 cm³/mol. The van der Waals surface area contributed by atoms with Gasteiger partial charge in [0.2, 0.25) is 0 Å². The van der Waals surface area contributed by atoms with Gasteiger partial charge in [-0.05, 0) is 55.8 Å². The van der Waals surface area contributed by atoms with E-state index in [1.807, 2.05) is 13.8 Å². The Kier molecular flexibility index (Phi) is 7.74. The summed E-state index contributed by atoms with van der Waals surface area (Å²) in [5.41, 5.74) is -2.45. The van der Waals surface area contributed by atoms with Crippen molar-refractivity contribution in [2.45, 2.75) is 84.1 Å². The highest BCUT2D eigenvalue weighted by atomic mass is 16.7. The molecule has 0 spiro atoms. The number of hydrogen-bond acceptors (Lipinski definition) is 9. The van der Waals surface area contributed by atoms with Gasteiger partial charge in [-0.25, -0.2) is 4.79 Å². The third-order valence-corrected chi connectivity index (χ3v) is 11.2. The second-order valence-electron chi connectivity index (χ2n) is 13.1. The van der Waals surface area contributed by atoms with Crippen molar-refractivity contribution >= 4 is 18.2 Å². The molecule has 5 unspecified atom stereocenters. The van der Waals surface area contributed by atoms with Gasteiger partial charge in [-0.3, -0.25) is 4.79 Å². The van der Waals surface area contributed by atoms with E-state index in [1.54, 1.807) is 6.92 Å². The third-order valence-electron chi connectivity index (χ3n) is 11.2. The molecule has 5 rings (SSSR count). The summed E-state index contributed by atoms with van der Waals surface area (Å²) in [5, 5.41) is 22.4. The fourth-order valence-electron chi connectivity index (χ4n) is 9.75. The van der Waals surface area contributed by atoms with Crippen molar-refractivity contribution in [3.8, 4) is 0 Å². The Morgan fingerprint density at radius 2 is 1.90 bits per heavy atom. The van der Waals surface area contributed by atoms with Crippen LogP contribution in [0.4, 0.5) is 0 Å². The fraction of sp³-hybridized carbons (Fsp3) is 0.833. The molecule has 224 valence electrons. The second kappa shape index (κ2) is 10.5. The number of aldehydes is 1. The van der Waals surface area contributed by atoms with Crippen LogP contribution in [0.2, 0.25) is 0 Å². The molecule has 1 heterocycles. The lowest BCUT2D eigenvalue weighted by Gasteiger charge is -2.58. The van der Waals surface area contributed by atoms with Gasteiger partial charge in [-0.1, -0.05) is 38.8 Å². The molecule has 4 bridgehead atoms. The normalized spacial score (nSPS) is 47.2. The smallest absolute Gasteiger partial charge is 0.332 e. The summed E-state index contributed by atoms with van der Waals surface area (Å²) in [4.78, 5) is 39.1. The van der Waals surface area contributed by atoms with Gasteiger partial charge in [0.25, 0.3) is 0 Å². The lowest BCUT2D eigenvalue weighted by molar-refractivity contribution is -0.309. The maximum absolute atomic E-state index is 13.6. The molecule has 5 aliphatic rings. The molecule has 0 aromatic heterocycles. The minimum absolute atomic E-state index is 0.00690. The Bertz CT molecular complexity index is 1060. The number of ether oxygens (including phenoxy) is 5. The zero-order valence-corrected chi connectivity index (χ0v) is 24.3. The number of esters is 1. The molecule has 0 aromatic carbocycles. The number of carbonyl (C=O) groups is 3. The van der Waals surface area contributed by atoms with Crippen LogP contribution in [0.3, 0.4) is 0 Å². The van der Waals surface area contributed by atoms with Gasteiger partial charge < -0.3 is 38.7 Å². The van der Waals surface area contributed by atoms with Gasteiger partial charge >= 0.3 is 11.9 Å². The maximum atomic E-state index is 13.6. The summed E-state index contributed by atoms with van der Waals surface area (Å²) in [5.74, 6) is -1.23. The van der Waals surface area contributed by atoms with E-state index < -0.39 is 58.9 Å². The van der Waals surface area contributed by atoms with E-state index in [0.717, 1.165) is 24.7 Å². The minimum atomic E-state index is -1.39. The van der Waals surface area contributed by atoms with Gasteiger partial charge in [0.1, 0.15) is 30.5 Å². The van der Waals surface area contributed by atoms with E-state index in [9.17, 15) is 24.6 Å². The number of aliphatic hydroxyl groups excluding tert-OH is 1. The third kappa shape index (κ3) is 3.75. The van der Waals surface area contributed by atoms with Crippen LogP contribution >= 0.6 is 0 Å². The number of aliphatic hydroxyl groups is 1. The number of fused-ring (bicyclic) bond motifs is 2. The van der Waals surface area contributed by atoms with E-state index in [1.165, 1.54) is 14.2 Å². The lowest BCUT2D eigenvalue weighted by atomic mass is 9.43. The van der Waals surface area contributed by atoms with E-state index in [0.29, 0.717) is 18.8 Å². The standard InChI is InChI=1S/C30H44O10/c1-15(2)21-9-18-10-28(13-31)20-8-7-16(3)19(20)11-29(18,30(21,28)27(34)35)14-38-26-23(33)25(40-22(32)12-36-5)24(37-6)17(4)39-26/h9,13,15-20,23-26,33H,7-8,10-12,14H2,1-6H3,(H,34,35)/t16-,17-,18?,19-,20-,23?,24-,25+,26-,28?,29?,30?/m1/s1. The molecule has 0 aromatic rings. The number of aliphatic carboxylic acids is 1. The van der Waals surface area contributed by atoms with Crippen LogP contribution in [-0.4, -0.2) is 86.6 Å². The van der Waals surface area contributed by atoms with Gasteiger partial charge in [-0.15, -0.1) is 0 Å². The van der Waals surface area contributed by atoms with Crippen LogP contribution in [0.5, 0.6) is 0 Å². The first-order valence-electron chi connectivity index (χ1n) is 14.5. The lowest BCUT2D eigenvalue weighted by Crippen LogP contribution is -2.64. The van der Waals surface area contributed by atoms with Gasteiger partial charge in [0.05, 0.1) is 18.1 Å². The van der Waals surface area contributed by atoms with Gasteiger partial charge in [0, 0.05) is 19.6 Å². The minimum Gasteiger partial charge on any atom is -0.481 e. The van der Waals surface area contributed by atoms with Crippen LogP contribution in [0.25, 0.3) is 0 Å². The molecule has 1 aliphatic heterocycles. The first kappa shape index (κ1) is 29.6. The van der Waals surface area contributed by atoms with Crippen molar-refractivity contribution in [1.29, 1.82) is 0 Å². The molecule has 0 radical (unpaired) electrons. The summed E-state index contributed by atoms with van der Waals surface area (Å²) in [6.45, 7) is 7.64. The Morgan fingerprint density at radius 1 is 1.18 bits per heavy atom. The molecule has 40 heavy (non-hydrogen) atoms. The highest BCUT2D eigenvalue weighted by Crippen LogP contribution is 2.82. The Hall–Kier alpha value is -1.85. The summed E-state index contributed by atoms with van der Waals surface area (Å²) in [6.07, 6.45) is 1.05. The van der Waals surface area contributed by atoms with Crippen molar-refractivity contribution < 1.29 is 48.3 Å². The summed E-state index contributed by atoms with van der Waals surface area (Å²) >= 11 is 0. The fourth-order valence-corrected chi connectivity index (χ4v) is 9.75. The first-order valence-corrected chi connectivity index (χ1v) is 14.5. The molecule has 2 N–H and O–H groups in total. The van der Waals surface area contributed by atoms with Gasteiger partial charge in [-0.2, -0.15) is 0 Å². The highest BCUT2D eigenvalue weighted by molar-refractivity contribution is 5.90. The molecular weight excluding hydrogens is 520 g/mol. The van der Waals surface area contributed by atoms with Crippen molar-refractivity contribution in [2.24, 2.45) is 45.8 Å². The molecule has 4 fully saturated rings. The molecule has 12 atom stereocenters. The number of methoxy groups -OCH3 is 2. The molecule has 4 aliphatic carbocycles. The van der Waals surface area contributed by atoms with E-state index >= 15 is 0 Å². The maximum Gasteiger partial charge on any atom is 0.332 e. The molecule has 1 saturated heterocycles. The Morgan fingerprint density at radius 3 is 2.50 bits per heavy atom. The van der Waals surface area contributed by atoms with Crippen molar-refractivity contribution in [2.75, 3.05) is 27.4 Å². The molecule has 3 saturated carbocycles. The number of carbonyl (C=O) groups excluding carboxylic acids is 2. The van der Waals surface area contributed by atoms with Crippen molar-refractivity contribution in [3.63, 3.8) is 0 Å². The number of hydrogen-bond donors (Lipinski definition) is 2. The van der Waals surface area contributed by atoms with E-state index in [2.05, 4.69) is 13.0 Å². The zero-order chi connectivity index (χ0) is 29.2. The Labute approximate surface area is 235 Å². The highest BCUT2D eigenvalue weighted by Gasteiger charge is 2.84. The molecular formula is C30H44O10. The summed E-state index contributed by atoms with van der Waals surface area (Å²) in [6, 6.07) is 0. The first-order chi connectivity index (χ1) is 18.9. The summed E-state index contributed by atoms with van der Waals surface area (Å²) < 4.78 is 28.3. The molecule has 10 nitrogen and oxygen atoms in total. The Balaban J connectivity index is 1.51. The van der Waals surface area contributed by atoms with Crippen LogP contribution in [0.15, 0.2) is 11.6 Å². The summed E-state index contributed by atoms with van der Waals surface area (Å²) in [7, 11) is 2.82. The average Bonchev–Trinajstić information content (AvgIpc) is 3.47. The van der Waals surface area contributed by atoms with Crippen LogP contribution < -0.4 is 0 Å². The number of carboxylic acid groups (broad SMARTS) is 1. The average molecular weight is 565 g/mol. The van der Waals surface area contributed by atoms with Crippen molar-refractivity contribution in [3.05, 3.63) is 11.6 Å². The van der Waals surface area contributed by atoms with Crippen LogP contribution in [-0.2, 0) is 38.1 Å². The quantitative estimate of drug-likeness (QED) is 0.231. The van der Waals surface area contributed by atoms with E-state index in [4.69, 9.17) is 23.7 Å². The SMILES string of the molecule is COCC(=O)O[C@H]1C(O)[C@H](OCC23C[C@@H]4[C@H](C)CC[C@H]4C4(C=O)CC2C=C(C(C)C)C34C(=O)O)O[C@H](C)[C@H]1OC. The topological polar surface area (TPSA) is 138 Å². The van der Waals surface area contributed by atoms with Gasteiger partial charge in [0.15, 0.2) is 12.4 Å². The number of allylic oxidation sites excluding steroid dienone is 1. The van der Waals surface area contributed by atoms with E-state index in [-0.39, 0.29) is 36.9 Å².